The van der Waals surface area contributed by atoms with Crippen LogP contribution in [0.2, 0.25) is 5.02 Å². The topological polar surface area (TPSA) is 59.6 Å². The molecule has 0 bridgehead atoms. The van der Waals surface area contributed by atoms with Gasteiger partial charge in [-0.1, -0.05) is 23.7 Å². The number of methoxy groups -OCH3 is 2. The molecule has 1 heterocycles. The number of carbonyl (C=O) groups excluding carboxylic acids is 1. The molecule has 3 rings (SSSR count). The Kier molecular flexibility index (Phi) is 5.57. The summed E-state index contributed by atoms with van der Waals surface area (Å²) in [6.45, 7) is 2.72. The molecule has 2 atom stereocenters. The molecule has 0 spiro atoms. The normalized spacial score (nSPS) is 18.0. The third-order valence-electron chi connectivity index (χ3n) is 4.81. The van der Waals surface area contributed by atoms with E-state index in [-0.39, 0.29) is 11.9 Å². The Hall–Kier alpha value is -2.40. The van der Waals surface area contributed by atoms with Gasteiger partial charge in [-0.3, -0.25) is 4.79 Å². The number of anilines is 1. The van der Waals surface area contributed by atoms with Gasteiger partial charge in [0, 0.05) is 24.1 Å². The zero-order valence-corrected chi connectivity index (χ0v) is 15.9. The summed E-state index contributed by atoms with van der Waals surface area (Å²) in [6.07, 6.45) is 0.834. The van der Waals surface area contributed by atoms with E-state index in [2.05, 4.69) is 23.6 Å². The summed E-state index contributed by atoms with van der Waals surface area (Å²) in [5.74, 6) is 1.33. The summed E-state index contributed by atoms with van der Waals surface area (Å²) in [5.41, 5.74) is 2.77. The third kappa shape index (κ3) is 3.58. The van der Waals surface area contributed by atoms with Gasteiger partial charge in [0.15, 0.2) is 11.5 Å². The van der Waals surface area contributed by atoms with E-state index in [0.717, 1.165) is 17.1 Å². The van der Waals surface area contributed by atoms with Gasteiger partial charge < -0.3 is 20.1 Å². The van der Waals surface area contributed by atoms with E-state index in [9.17, 15) is 4.79 Å². The fourth-order valence-electron chi connectivity index (χ4n) is 3.43. The summed E-state index contributed by atoms with van der Waals surface area (Å²) in [7, 11) is 3.12. The maximum absolute atomic E-state index is 12.4. The van der Waals surface area contributed by atoms with Crippen LogP contribution in [0, 0.1) is 0 Å². The molecule has 2 N–H and O–H groups in total. The van der Waals surface area contributed by atoms with Crippen LogP contribution < -0.4 is 20.1 Å². The van der Waals surface area contributed by atoms with Crippen molar-refractivity contribution in [2.75, 3.05) is 26.1 Å². The molecule has 2 unspecified atom stereocenters. The van der Waals surface area contributed by atoms with Crippen molar-refractivity contribution in [3.05, 3.63) is 52.5 Å². The van der Waals surface area contributed by atoms with Crippen molar-refractivity contribution in [2.45, 2.75) is 25.3 Å². The van der Waals surface area contributed by atoms with Gasteiger partial charge >= 0.3 is 0 Å². The number of ether oxygens (including phenoxy) is 2. The lowest BCUT2D eigenvalue weighted by molar-refractivity contribution is 0.0952. The highest BCUT2D eigenvalue weighted by atomic mass is 35.5. The van der Waals surface area contributed by atoms with Crippen molar-refractivity contribution in [3.63, 3.8) is 0 Å². The van der Waals surface area contributed by atoms with Gasteiger partial charge in [-0.15, -0.1) is 0 Å². The van der Waals surface area contributed by atoms with E-state index in [0.29, 0.717) is 29.5 Å². The molecular formula is C20H23ClN2O3. The molecule has 0 saturated heterocycles. The Bertz CT molecular complexity index is 810. The predicted octanol–water partition coefficient (Wildman–Crippen LogP) is 4.07. The van der Waals surface area contributed by atoms with E-state index in [1.54, 1.807) is 32.4 Å². The molecule has 0 radical (unpaired) electrons. The number of amides is 1. The highest BCUT2D eigenvalue weighted by Gasteiger charge is 2.29. The summed E-state index contributed by atoms with van der Waals surface area (Å²) < 4.78 is 10.5. The molecule has 138 valence electrons. The number of fused-ring (bicyclic) bond motifs is 1. The fraction of sp³-hybridized carbons (Fsp3) is 0.350. The number of carbonyl (C=O) groups is 1. The maximum Gasteiger partial charge on any atom is 0.251 e. The van der Waals surface area contributed by atoms with Crippen LogP contribution in [0.3, 0.4) is 0 Å². The first-order chi connectivity index (χ1) is 12.5. The van der Waals surface area contributed by atoms with Crippen LogP contribution in [0.4, 0.5) is 5.69 Å². The monoisotopic (exact) mass is 374 g/mol. The van der Waals surface area contributed by atoms with Crippen molar-refractivity contribution in [2.24, 2.45) is 0 Å². The summed E-state index contributed by atoms with van der Waals surface area (Å²) in [6, 6.07) is 11.4. The quantitative estimate of drug-likeness (QED) is 0.800. The van der Waals surface area contributed by atoms with Crippen molar-refractivity contribution in [1.82, 2.24) is 5.32 Å². The molecule has 1 amide bonds. The predicted molar refractivity (Wildman–Crippen MR) is 104 cm³/mol. The lowest BCUT2D eigenvalue weighted by Gasteiger charge is -2.16. The van der Waals surface area contributed by atoms with E-state index < -0.39 is 0 Å². The molecular weight excluding hydrogens is 352 g/mol. The highest BCUT2D eigenvalue weighted by Crippen LogP contribution is 2.41. The van der Waals surface area contributed by atoms with Gasteiger partial charge in [0.25, 0.3) is 5.91 Å². The van der Waals surface area contributed by atoms with E-state index in [1.807, 2.05) is 12.1 Å². The summed E-state index contributed by atoms with van der Waals surface area (Å²) in [5, 5.41) is 7.16. The van der Waals surface area contributed by atoms with Gasteiger partial charge in [-0.2, -0.15) is 0 Å². The lowest BCUT2D eigenvalue weighted by Crippen LogP contribution is -2.27. The average Bonchev–Trinajstić information content (AvgIpc) is 2.98. The lowest BCUT2D eigenvalue weighted by atomic mass is 9.93. The van der Waals surface area contributed by atoms with Crippen LogP contribution in [0.15, 0.2) is 36.4 Å². The molecule has 1 aliphatic heterocycles. The number of benzene rings is 2. The van der Waals surface area contributed by atoms with Gasteiger partial charge in [-0.05, 0) is 43.2 Å². The molecule has 0 saturated carbocycles. The third-order valence-corrected chi connectivity index (χ3v) is 5.12. The molecule has 5 nitrogen and oxygen atoms in total. The Morgan fingerprint density at radius 2 is 1.96 bits per heavy atom. The molecule has 0 aliphatic carbocycles. The minimum atomic E-state index is -0.129. The van der Waals surface area contributed by atoms with E-state index in [1.165, 1.54) is 5.56 Å². The number of para-hydroxylation sites is 1. The molecule has 0 aromatic heterocycles. The molecule has 26 heavy (non-hydrogen) atoms. The minimum absolute atomic E-state index is 0.129. The zero-order valence-electron chi connectivity index (χ0n) is 15.1. The Labute approximate surface area is 158 Å². The highest BCUT2D eigenvalue weighted by molar-refractivity contribution is 6.33. The number of nitrogens with one attached hydrogen (secondary N) is 2. The van der Waals surface area contributed by atoms with Crippen LogP contribution in [0.5, 0.6) is 11.5 Å². The van der Waals surface area contributed by atoms with Gasteiger partial charge in [0.2, 0.25) is 0 Å². The van der Waals surface area contributed by atoms with Crippen LogP contribution in [0.25, 0.3) is 0 Å². The van der Waals surface area contributed by atoms with Crippen molar-refractivity contribution >= 4 is 23.2 Å². The second-order valence-corrected chi connectivity index (χ2v) is 6.77. The molecule has 6 heteroatoms. The first-order valence-electron chi connectivity index (χ1n) is 8.60. The van der Waals surface area contributed by atoms with E-state index >= 15 is 0 Å². The van der Waals surface area contributed by atoms with Crippen molar-refractivity contribution < 1.29 is 14.3 Å². The molecule has 1 aliphatic rings. The maximum atomic E-state index is 12.4. The second-order valence-electron chi connectivity index (χ2n) is 6.36. The minimum Gasteiger partial charge on any atom is -0.493 e. The SMILES string of the molecule is COc1ccc(C(=O)NCCC2c3cccc(Cl)c3NC2C)cc1OC. The first-order valence-corrected chi connectivity index (χ1v) is 8.98. The summed E-state index contributed by atoms with van der Waals surface area (Å²) >= 11 is 6.26. The van der Waals surface area contributed by atoms with Crippen LogP contribution in [-0.2, 0) is 0 Å². The molecule has 2 aromatic carbocycles. The number of hydrogen-bond acceptors (Lipinski definition) is 4. The largest absolute Gasteiger partial charge is 0.493 e. The van der Waals surface area contributed by atoms with Crippen molar-refractivity contribution in [3.8, 4) is 11.5 Å². The number of rotatable bonds is 6. The van der Waals surface area contributed by atoms with Gasteiger partial charge in [-0.25, -0.2) is 0 Å². The van der Waals surface area contributed by atoms with Gasteiger partial charge in [0.1, 0.15) is 0 Å². The van der Waals surface area contributed by atoms with Crippen LogP contribution >= 0.6 is 11.6 Å². The fourth-order valence-corrected chi connectivity index (χ4v) is 3.66. The molecule has 0 fully saturated rings. The second kappa shape index (κ2) is 7.87. The number of hydrogen-bond donors (Lipinski definition) is 2. The smallest absolute Gasteiger partial charge is 0.251 e. The Morgan fingerprint density at radius 3 is 2.69 bits per heavy atom. The van der Waals surface area contributed by atoms with Crippen LogP contribution in [0.1, 0.15) is 35.2 Å². The van der Waals surface area contributed by atoms with E-state index in [4.69, 9.17) is 21.1 Å². The van der Waals surface area contributed by atoms with Crippen molar-refractivity contribution in [1.29, 1.82) is 0 Å². The van der Waals surface area contributed by atoms with Crippen LogP contribution in [-0.4, -0.2) is 32.7 Å². The Balaban J connectivity index is 1.62. The standard InChI is InChI=1S/C20H23ClN2O3/c1-12-14(15-5-4-6-16(21)19(15)23-12)9-10-22-20(24)13-7-8-17(25-2)18(11-13)26-3/h4-8,11-12,14,23H,9-10H2,1-3H3,(H,22,24). The molecule has 2 aromatic rings. The number of halogens is 1. The average molecular weight is 375 g/mol. The first kappa shape index (κ1) is 18.4. The van der Waals surface area contributed by atoms with Gasteiger partial charge in [0.05, 0.1) is 24.9 Å². The Morgan fingerprint density at radius 1 is 1.19 bits per heavy atom. The summed E-state index contributed by atoms with van der Waals surface area (Å²) in [4.78, 5) is 12.4. The zero-order chi connectivity index (χ0) is 18.7.